The number of nitrogens with zero attached hydrogens (tertiary/aromatic N) is 2. The molecule has 0 atom stereocenters. The highest BCUT2D eigenvalue weighted by atomic mass is 32.2. The van der Waals surface area contributed by atoms with Crippen molar-refractivity contribution in [3.63, 3.8) is 0 Å². The highest BCUT2D eigenvalue weighted by Gasteiger charge is 2.25. The molecular formula is C25H31N3O3S. The maximum Gasteiger partial charge on any atom is 0.243 e. The van der Waals surface area contributed by atoms with Crippen molar-refractivity contribution in [1.82, 2.24) is 14.2 Å². The molecule has 1 saturated heterocycles. The fraction of sp³-hybridized carbons (Fsp3) is 0.400. The summed E-state index contributed by atoms with van der Waals surface area (Å²) >= 11 is 0. The molecule has 0 spiro atoms. The zero-order valence-electron chi connectivity index (χ0n) is 18.4. The molecule has 0 aliphatic carbocycles. The first-order chi connectivity index (χ1) is 15.5. The van der Waals surface area contributed by atoms with Crippen LogP contribution in [0.2, 0.25) is 0 Å². The molecule has 0 radical (unpaired) electrons. The quantitative estimate of drug-likeness (QED) is 0.561. The molecule has 1 fully saturated rings. The minimum absolute atomic E-state index is 0.0168. The van der Waals surface area contributed by atoms with Gasteiger partial charge in [-0.2, -0.15) is 4.31 Å². The van der Waals surface area contributed by atoms with E-state index >= 15 is 0 Å². The van der Waals surface area contributed by atoms with Crippen LogP contribution in [0.25, 0.3) is 10.9 Å². The van der Waals surface area contributed by atoms with Crippen LogP contribution in [0, 0.1) is 0 Å². The summed E-state index contributed by atoms with van der Waals surface area (Å²) in [5.74, 6) is 0.0168. The third kappa shape index (κ3) is 5.40. The topological polar surface area (TPSA) is 71.4 Å². The van der Waals surface area contributed by atoms with Crippen LogP contribution in [-0.2, 0) is 27.8 Å². The molecule has 0 bridgehead atoms. The minimum Gasteiger partial charge on any atom is -0.356 e. The molecule has 6 nitrogen and oxygen atoms in total. The van der Waals surface area contributed by atoms with Gasteiger partial charge >= 0.3 is 0 Å². The summed E-state index contributed by atoms with van der Waals surface area (Å²) in [7, 11) is -3.47. The monoisotopic (exact) mass is 453 g/mol. The van der Waals surface area contributed by atoms with E-state index in [0.29, 0.717) is 37.5 Å². The fourth-order valence-electron chi connectivity index (χ4n) is 4.27. The largest absolute Gasteiger partial charge is 0.356 e. The van der Waals surface area contributed by atoms with Gasteiger partial charge in [-0.25, -0.2) is 8.42 Å². The average Bonchev–Trinajstić information content (AvgIpc) is 3.00. The summed E-state index contributed by atoms with van der Waals surface area (Å²) in [5.41, 5.74) is 2.15. The van der Waals surface area contributed by atoms with Gasteiger partial charge in [0.15, 0.2) is 0 Å². The van der Waals surface area contributed by atoms with Gasteiger partial charge in [-0.15, -0.1) is 0 Å². The maximum absolute atomic E-state index is 13.1. The van der Waals surface area contributed by atoms with Gasteiger partial charge in [0.1, 0.15) is 0 Å². The van der Waals surface area contributed by atoms with Crippen molar-refractivity contribution >= 4 is 26.8 Å². The Hall–Kier alpha value is -2.64. The number of carbonyl (C=O) groups is 1. The summed E-state index contributed by atoms with van der Waals surface area (Å²) in [5, 5.41) is 3.85. The number of rotatable bonds is 8. The van der Waals surface area contributed by atoms with E-state index in [9.17, 15) is 13.2 Å². The van der Waals surface area contributed by atoms with Crippen molar-refractivity contribution in [1.29, 1.82) is 0 Å². The highest BCUT2D eigenvalue weighted by molar-refractivity contribution is 7.89. The zero-order chi connectivity index (χ0) is 22.4. The van der Waals surface area contributed by atoms with Gasteiger partial charge in [-0.05, 0) is 49.1 Å². The van der Waals surface area contributed by atoms with Crippen LogP contribution < -0.4 is 5.32 Å². The van der Waals surface area contributed by atoms with E-state index in [0.717, 1.165) is 43.0 Å². The Morgan fingerprint density at radius 2 is 1.69 bits per heavy atom. The number of hydrogen-bond donors (Lipinski definition) is 1. The lowest BCUT2D eigenvalue weighted by atomic mass is 10.1. The molecule has 3 aromatic rings. The van der Waals surface area contributed by atoms with Crippen LogP contribution in [0.1, 0.15) is 37.7 Å². The van der Waals surface area contributed by atoms with Crippen molar-refractivity contribution in [2.75, 3.05) is 19.6 Å². The molecule has 4 rings (SSSR count). The number of amides is 1. The van der Waals surface area contributed by atoms with Gasteiger partial charge in [-0.1, -0.05) is 43.2 Å². The summed E-state index contributed by atoms with van der Waals surface area (Å²) < 4.78 is 29.8. The van der Waals surface area contributed by atoms with Crippen molar-refractivity contribution in [2.45, 2.75) is 50.0 Å². The first-order valence-electron chi connectivity index (χ1n) is 11.4. The Labute approximate surface area is 190 Å². The smallest absolute Gasteiger partial charge is 0.243 e. The minimum atomic E-state index is -3.47. The third-order valence-corrected chi connectivity index (χ3v) is 8.00. The molecule has 0 saturated carbocycles. The summed E-state index contributed by atoms with van der Waals surface area (Å²) in [6.07, 6.45) is 7.14. The molecule has 2 aromatic carbocycles. The molecule has 1 aromatic heterocycles. The Kier molecular flexibility index (Phi) is 7.27. The average molecular weight is 454 g/mol. The van der Waals surface area contributed by atoms with Crippen molar-refractivity contribution < 1.29 is 13.2 Å². The number of aryl methyl sites for hydroxylation is 1. The fourth-order valence-corrected chi connectivity index (χ4v) is 5.82. The summed E-state index contributed by atoms with van der Waals surface area (Å²) in [4.78, 5) is 12.6. The van der Waals surface area contributed by atoms with Gasteiger partial charge in [-0.3, -0.25) is 4.79 Å². The first kappa shape index (κ1) is 22.6. The van der Waals surface area contributed by atoms with Crippen molar-refractivity contribution in [3.05, 3.63) is 66.4 Å². The van der Waals surface area contributed by atoms with Crippen LogP contribution in [-0.4, -0.2) is 42.8 Å². The van der Waals surface area contributed by atoms with Crippen LogP contribution in [0.15, 0.2) is 65.7 Å². The molecular weight excluding hydrogens is 422 g/mol. The number of aromatic nitrogens is 1. The predicted molar refractivity (Wildman–Crippen MR) is 127 cm³/mol. The van der Waals surface area contributed by atoms with Crippen LogP contribution >= 0.6 is 0 Å². The number of fused-ring (bicyclic) bond motifs is 1. The molecule has 0 unspecified atom stereocenters. The van der Waals surface area contributed by atoms with Gasteiger partial charge in [0.2, 0.25) is 15.9 Å². The Morgan fingerprint density at radius 3 is 2.44 bits per heavy atom. The Bertz CT molecular complexity index is 1150. The van der Waals surface area contributed by atoms with E-state index in [4.69, 9.17) is 0 Å². The van der Waals surface area contributed by atoms with E-state index in [1.807, 2.05) is 41.1 Å². The number of sulfonamides is 1. The predicted octanol–water partition coefficient (Wildman–Crippen LogP) is 3.96. The number of hydrogen-bond acceptors (Lipinski definition) is 3. The van der Waals surface area contributed by atoms with Crippen LogP contribution in [0.4, 0.5) is 0 Å². The molecule has 1 N–H and O–H groups in total. The van der Waals surface area contributed by atoms with E-state index in [1.165, 1.54) is 5.56 Å². The molecule has 2 heterocycles. The van der Waals surface area contributed by atoms with Gasteiger partial charge < -0.3 is 9.88 Å². The number of benzene rings is 2. The standard InChI is InChI=1S/C25H31N3O3S/c29-25(26-15-12-21-8-4-3-5-9-21)14-19-27-18-13-22-20-23(10-11-24(22)27)32(30,31)28-16-6-1-2-7-17-28/h3-5,8-11,13,18,20H,1-2,6-7,12,14-17,19H2,(H,26,29). The molecule has 1 aliphatic rings. The van der Waals surface area contributed by atoms with Crippen molar-refractivity contribution in [3.8, 4) is 0 Å². The molecule has 1 aliphatic heterocycles. The van der Waals surface area contributed by atoms with E-state index in [1.54, 1.807) is 16.4 Å². The Morgan fingerprint density at radius 1 is 0.938 bits per heavy atom. The Balaban J connectivity index is 1.36. The lowest BCUT2D eigenvalue weighted by Gasteiger charge is -2.20. The van der Waals surface area contributed by atoms with E-state index < -0.39 is 10.0 Å². The molecule has 32 heavy (non-hydrogen) atoms. The normalized spacial score (nSPS) is 15.5. The molecule has 1 amide bonds. The lowest BCUT2D eigenvalue weighted by molar-refractivity contribution is -0.121. The second-order valence-corrected chi connectivity index (χ2v) is 10.3. The summed E-state index contributed by atoms with van der Waals surface area (Å²) in [6, 6.07) is 17.3. The van der Waals surface area contributed by atoms with E-state index in [-0.39, 0.29) is 5.91 Å². The highest BCUT2D eigenvalue weighted by Crippen LogP contribution is 2.25. The molecule has 170 valence electrons. The zero-order valence-corrected chi connectivity index (χ0v) is 19.2. The van der Waals surface area contributed by atoms with Gasteiger partial charge in [0.05, 0.1) is 4.90 Å². The number of carbonyl (C=O) groups excluding carboxylic acids is 1. The van der Waals surface area contributed by atoms with Gasteiger partial charge in [0.25, 0.3) is 0 Å². The van der Waals surface area contributed by atoms with Gasteiger partial charge in [0, 0.05) is 49.7 Å². The maximum atomic E-state index is 13.1. The van der Waals surface area contributed by atoms with E-state index in [2.05, 4.69) is 17.4 Å². The summed E-state index contributed by atoms with van der Waals surface area (Å²) in [6.45, 7) is 2.37. The van der Waals surface area contributed by atoms with Crippen LogP contribution in [0.3, 0.4) is 0 Å². The number of nitrogens with one attached hydrogen (secondary N) is 1. The first-order valence-corrected chi connectivity index (χ1v) is 12.9. The third-order valence-electron chi connectivity index (χ3n) is 6.10. The second-order valence-electron chi connectivity index (χ2n) is 8.38. The SMILES string of the molecule is O=C(CCn1ccc2cc(S(=O)(=O)N3CCCCCC3)ccc21)NCCc1ccccc1. The lowest BCUT2D eigenvalue weighted by Crippen LogP contribution is -2.31. The van der Waals surface area contributed by atoms with Crippen LogP contribution in [0.5, 0.6) is 0 Å². The molecule has 7 heteroatoms. The second kappa shape index (κ2) is 10.3. The van der Waals surface area contributed by atoms with Crippen molar-refractivity contribution in [2.24, 2.45) is 0 Å².